The average molecular weight is 577 g/mol. The maximum absolute atomic E-state index is 5.85. The summed E-state index contributed by atoms with van der Waals surface area (Å²) >= 11 is 0. The molecule has 0 fully saturated rings. The van der Waals surface area contributed by atoms with E-state index in [1.165, 1.54) is 11.1 Å². The maximum atomic E-state index is 5.85. The van der Waals surface area contributed by atoms with Gasteiger partial charge >= 0.3 is 0 Å². The lowest BCUT2D eigenvalue weighted by Crippen LogP contribution is -2.19. The van der Waals surface area contributed by atoms with Crippen molar-refractivity contribution in [3.05, 3.63) is 83.4 Å². The number of aryl methyl sites for hydroxylation is 4. The van der Waals surface area contributed by atoms with Crippen molar-refractivity contribution in [2.75, 3.05) is 27.2 Å². The fourth-order valence-corrected chi connectivity index (χ4v) is 5.76. The smallest absolute Gasteiger partial charge is 0.181 e. The average Bonchev–Trinajstić information content (AvgIpc) is 3.65. The second-order valence-electron chi connectivity index (χ2n) is 11.9. The molecular weight excluding hydrogens is 536 g/mol. The fourth-order valence-electron chi connectivity index (χ4n) is 5.76. The summed E-state index contributed by atoms with van der Waals surface area (Å²) in [5, 5.41) is 16.8. The van der Waals surface area contributed by atoms with Gasteiger partial charge in [0.15, 0.2) is 5.65 Å². The lowest BCUT2D eigenvalue weighted by Gasteiger charge is -2.11. The summed E-state index contributed by atoms with van der Waals surface area (Å²) in [5.74, 6) is 1.20. The number of benzene rings is 2. The van der Waals surface area contributed by atoms with E-state index in [2.05, 4.69) is 94.9 Å². The summed E-state index contributed by atoms with van der Waals surface area (Å²) in [6, 6.07) is 16.9. The molecule has 222 valence electrons. The molecule has 4 aromatic heterocycles. The summed E-state index contributed by atoms with van der Waals surface area (Å²) in [7, 11) is 6.02. The third-order valence-electron chi connectivity index (χ3n) is 7.95. The van der Waals surface area contributed by atoms with Crippen LogP contribution in [0.3, 0.4) is 0 Å². The van der Waals surface area contributed by atoms with E-state index in [4.69, 9.17) is 19.9 Å². The van der Waals surface area contributed by atoms with E-state index in [0.29, 0.717) is 12.5 Å². The Hall–Kier alpha value is -4.50. The van der Waals surface area contributed by atoms with Crippen LogP contribution in [0, 0.1) is 13.8 Å². The van der Waals surface area contributed by atoms with Crippen LogP contribution in [0.5, 0.6) is 5.75 Å². The first-order valence-corrected chi connectivity index (χ1v) is 14.9. The molecule has 0 unspecified atom stereocenters. The lowest BCUT2D eigenvalue weighted by atomic mass is 9.95. The van der Waals surface area contributed by atoms with Crippen LogP contribution in [-0.2, 0) is 20.0 Å². The second-order valence-corrected chi connectivity index (χ2v) is 11.9. The third kappa shape index (κ3) is 5.77. The van der Waals surface area contributed by atoms with Crippen molar-refractivity contribution >= 4 is 21.9 Å². The van der Waals surface area contributed by atoms with Gasteiger partial charge in [0.25, 0.3) is 0 Å². The number of hydrogen-bond acceptors (Lipinski definition) is 6. The Bertz CT molecular complexity index is 1890. The van der Waals surface area contributed by atoms with Gasteiger partial charge in [0.2, 0.25) is 0 Å². The second kappa shape index (κ2) is 11.6. The van der Waals surface area contributed by atoms with Crippen LogP contribution in [0.15, 0.2) is 60.9 Å². The molecule has 6 aromatic rings. The SMILES string of the molecule is Cc1nc2nn(C)cc2cc1-n1nc(-c2cccc3nn(CCc4ccc(OCCN(C)C)cc4)cc23)c(C(C)C)c1C. The number of nitrogens with zero attached hydrogens (tertiary/aromatic N) is 8. The Morgan fingerprint density at radius 3 is 2.49 bits per heavy atom. The molecule has 0 amide bonds. The zero-order valence-corrected chi connectivity index (χ0v) is 26.2. The van der Waals surface area contributed by atoms with Crippen molar-refractivity contribution in [2.45, 2.75) is 46.6 Å². The van der Waals surface area contributed by atoms with Gasteiger partial charge in [0, 0.05) is 60.1 Å². The van der Waals surface area contributed by atoms with Gasteiger partial charge in [-0.1, -0.05) is 38.1 Å². The van der Waals surface area contributed by atoms with Crippen molar-refractivity contribution in [3.63, 3.8) is 0 Å². The van der Waals surface area contributed by atoms with Gasteiger partial charge in [0.05, 0.1) is 22.6 Å². The monoisotopic (exact) mass is 576 g/mol. The molecule has 0 saturated carbocycles. The minimum Gasteiger partial charge on any atom is -0.492 e. The van der Waals surface area contributed by atoms with Gasteiger partial charge in [-0.3, -0.25) is 9.36 Å². The topological polar surface area (TPSA) is 78.8 Å². The Kier molecular flexibility index (Phi) is 7.75. The fraction of sp³-hybridized carbons (Fsp3) is 0.353. The number of likely N-dealkylation sites (N-methyl/N-ethyl adjacent to an activating group) is 1. The van der Waals surface area contributed by atoms with E-state index in [9.17, 15) is 0 Å². The number of fused-ring (bicyclic) bond motifs is 2. The van der Waals surface area contributed by atoms with Gasteiger partial charge < -0.3 is 9.64 Å². The normalized spacial score (nSPS) is 11.9. The number of pyridine rings is 1. The minimum absolute atomic E-state index is 0.291. The molecule has 9 heteroatoms. The minimum atomic E-state index is 0.291. The quantitative estimate of drug-likeness (QED) is 0.196. The molecule has 0 aliphatic heterocycles. The molecule has 9 nitrogen and oxygen atoms in total. The number of rotatable bonds is 10. The molecule has 6 rings (SSSR count). The molecule has 2 aromatic carbocycles. The van der Waals surface area contributed by atoms with Crippen LogP contribution in [0.2, 0.25) is 0 Å². The van der Waals surface area contributed by atoms with Gasteiger partial charge in [-0.05, 0) is 70.1 Å². The molecule has 0 bridgehead atoms. The van der Waals surface area contributed by atoms with Crippen LogP contribution >= 0.6 is 0 Å². The van der Waals surface area contributed by atoms with Crippen LogP contribution < -0.4 is 4.74 Å². The molecule has 0 saturated heterocycles. The molecule has 0 spiro atoms. The first-order valence-electron chi connectivity index (χ1n) is 14.9. The van der Waals surface area contributed by atoms with E-state index in [1.807, 2.05) is 34.3 Å². The predicted molar refractivity (Wildman–Crippen MR) is 172 cm³/mol. The summed E-state index contributed by atoms with van der Waals surface area (Å²) in [6.45, 7) is 11.0. The zero-order chi connectivity index (χ0) is 30.2. The van der Waals surface area contributed by atoms with Crippen LogP contribution in [-0.4, -0.2) is 66.5 Å². The van der Waals surface area contributed by atoms with Crippen molar-refractivity contribution in [1.82, 2.24) is 39.2 Å². The van der Waals surface area contributed by atoms with Crippen molar-refractivity contribution < 1.29 is 4.74 Å². The third-order valence-corrected chi connectivity index (χ3v) is 7.95. The van der Waals surface area contributed by atoms with E-state index in [1.54, 1.807) is 4.68 Å². The number of aromatic nitrogens is 7. The van der Waals surface area contributed by atoms with Crippen LogP contribution in [0.1, 0.15) is 42.3 Å². The van der Waals surface area contributed by atoms with Gasteiger partial charge in [-0.15, -0.1) is 0 Å². The molecule has 0 atom stereocenters. The molecule has 0 aliphatic rings. The largest absolute Gasteiger partial charge is 0.492 e. The molecule has 0 N–H and O–H groups in total. The summed E-state index contributed by atoms with van der Waals surface area (Å²) in [6.07, 6.45) is 5.05. The van der Waals surface area contributed by atoms with Gasteiger partial charge in [-0.2, -0.15) is 15.3 Å². The summed E-state index contributed by atoms with van der Waals surface area (Å²) in [4.78, 5) is 6.89. The highest BCUT2D eigenvalue weighted by Crippen LogP contribution is 2.36. The van der Waals surface area contributed by atoms with Crippen LogP contribution in [0.25, 0.3) is 38.9 Å². The first-order chi connectivity index (χ1) is 20.7. The highest BCUT2D eigenvalue weighted by Gasteiger charge is 2.23. The van der Waals surface area contributed by atoms with Crippen molar-refractivity contribution in [3.8, 4) is 22.7 Å². The molecule has 0 radical (unpaired) electrons. The van der Waals surface area contributed by atoms with Crippen molar-refractivity contribution in [1.29, 1.82) is 0 Å². The molecular formula is C34H40N8O. The zero-order valence-electron chi connectivity index (χ0n) is 26.2. The number of hydrogen-bond donors (Lipinski definition) is 0. The summed E-state index contributed by atoms with van der Waals surface area (Å²) in [5.41, 5.74) is 9.30. The predicted octanol–water partition coefficient (Wildman–Crippen LogP) is 6.09. The van der Waals surface area contributed by atoms with E-state index < -0.39 is 0 Å². The maximum Gasteiger partial charge on any atom is 0.181 e. The van der Waals surface area contributed by atoms with E-state index >= 15 is 0 Å². The van der Waals surface area contributed by atoms with Gasteiger partial charge in [-0.25, -0.2) is 9.67 Å². The highest BCUT2D eigenvalue weighted by atomic mass is 16.5. The Morgan fingerprint density at radius 2 is 1.74 bits per heavy atom. The van der Waals surface area contributed by atoms with Crippen molar-refractivity contribution in [2.24, 2.45) is 7.05 Å². The van der Waals surface area contributed by atoms with E-state index in [0.717, 1.165) is 75.5 Å². The Balaban J connectivity index is 1.29. The Morgan fingerprint density at radius 1 is 0.953 bits per heavy atom. The van der Waals surface area contributed by atoms with Gasteiger partial charge in [0.1, 0.15) is 12.4 Å². The standard InChI is InChI=1S/C34H40N8O/c1-22(2)32-24(4)42(31-19-26-20-40(7)38-34(26)35-23(31)3)37-33(32)28-9-8-10-30-29(28)21-41(36-30)16-15-25-11-13-27(14-12-25)43-18-17-39(5)6/h8-14,19-22H,15-18H2,1-7H3. The molecule has 43 heavy (non-hydrogen) atoms. The Labute approximate surface area is 252 Å². The molecule has 0 aliphatic carbocycles. The lowest BCUT2D eigenvalue weighted by molar-refractivity contribution is 0.261. The number of ether oxygens (including phenoxy) is 1. The summed E-state index contributed by atoms with van der Waals surface area (Å²) < 4.78 is 11.8. The van der Waals surface area contributed by atoms with E-state index in [-0.39, 0.29) is 0 Å². The first kappa shape index (κ1) is 28.6. The highest BCUT2D eigenvalue weighted by molar-refractivity contribution is 5.94. The molecule has 4 heterocycles. The van der Waals surface area contributed by atoms with Crippen LogP contribution in [0.4, 0.5) is 0 Å².